The Morgan fingerprint density at radius 2 is 1.79 bits per heavy atom. The summed E-state index contributed by atoms with van der Waals surface area (Å²) in [5.41, 5.74) is 1.34. The van der Waals surface area contributed by atoms with Crippen LogP contribution in [0.2, 0.25) is 0 Å². The van der Waals surface area contributed by atoms with E-state index in [2.05, 4.69) is 43.3 Å². The summed E-state index contributed by atoms with van der Waals surface area (Å²) in [6, 6.07) is 10.9. The third-order valence-corrected chi connectivity index (χ3v) is 2.41. The standard InChI is InChI=1S/C11H16ClN.ClH/c1-13(2)11(8-9-12)10-6-4-3-5-7-10;/h3-7,11H,8-9H2,1-2H3;1H. The summed E-state index contributed by atoms with van der Waals surface area (Å²) < 4.78 is 0. The van der Waals surface area contributed by atoms with E-state index in [4.69, 9.17) is 11.6 Å². The molecule has 1 aromatic carbocycles. The quantitative estimate of drug-likeness (QED) is 0.722. The molecule has 0 aliphatic carbocycles. The Kier molecular flexibility index (Phi) is 6.98. The summed E-state index contributed by atoms with van der Waals surface area (Å²) in [5, 5.41) is 0. The summed E-state index contributed by atoms with van der Waals surface area (Å²) in [5.74, 6) is 0.706. The van der Waals surface area contributed by atoms with Gasteiger partial charge in [-0.05, 0) is 26.1 Å². The average molecular weight is 234 g/mol. The van der Waals surface area contributed by atoms with Gasteiger partial charge >= 0.3 is 0 Å². The molecule has 0 aliphatic heterocycles. The number of alkyl halides is 1. The second-order valence-corrected chi connectivity index (χ2v) is 3.75. The van der Waals surface area contributed by atoms with Gasteiger partial charge in [-0.3, -0.25) is 0 Å². The van der Waals surface area contributed by atoms with Gasteiger partial charge in [-0.15, -0.1) is 24.0 Å². The zero-order valence-electron chi connectivity index (χ0n) is 8.61. The molecule has 0 saturated carbocycles. The fourth-order valence-corrected chi connectivity index (χ4v) is 1.71. The van der Waals surface area contributed by atoms with Crippen LogP contribution in [0.15, 0.2) is 30.3 Å². The Morgan fingerprint density at radius 1 is 1.21 bits per heavy atom. The van der Waals surface area contributed by atoms with Gasteiger partial charge in [-0.25, -0.2) is 0 Å². The van der Waals surface area contributed by atoms with Gasteiger partial charge in [-0.1, -0.05) is 30.3 Å². The molecule has 1 nitrogen and oxygen atoms in total. The van der Waals surface area contributed by atoms with Crippen molar-refractivity contribution in [3.05, 3.63) is 35.9 Å². The molecule has 3 heteroatoms. The monoisotopic (exact) mass is 233 g/mol. The number of benzene rings is 1. The third kappa shape index (κ3) is 3.87. The van der Waals surface area contributed by atoms with E-state index >= 15 is 0 Å². The van der Waals surface area contributed by atoms with Crippen molar-refractivity contribution in [3.63, 3.8) is 0 Å². The van der Waals surface area contributed by atoms with Crippen molar-refractivity contribution in [2.45, 2.75) is 12.5 Å². The van der Waals surface area contributed by atoms with Crippen LogP contribution >= 0.6 is 24.0 Å². The highest BCUT2D eigenvalue weighted by Gasteiger charge is 2.11. The maximum absolute atomic E-state index is 5.76. The molecule has 1 aromatic rings. The van der Waals surface area contributed by atoms with Crippen LogP contribution in [0.5, 0.6) is 0 Å². The number of hydrogen-bond donors (Lipinski definition) is 0. The Balaban J connectivity index is 0.00000169. The van der Waals surface area contributed by atoms with Gasteiger partial charge in [0.15, 0.2) is 0 Å². The molecule has 0 N–H and O–H groups in total. The van der Waals surface area contributed by atoms with E-state index < -0.39 is 0 Å². The zero-order chi connectivity index (χ0) is 9.68. The molecule has 0 saturated heterocycles. The van der Waals surface area contributed by atoms with Crippen molar-refractivity contribution >= 4 is 24.0 Å². The van der Waals surface area contributed by atoms with Crippen molar-refractivity contribution in [2.75, 3.05) is 20.0 Å². The van der Waals surface area contributed by atoms with E-state index in [9.17, 15) is 0 Å². The lowest BCUT2D eigenvalue weighted by Gasteiger charge is -2.23. The third-order valence-electron chi connectivity index (χ3n) is 2.19. The van der Waals surface area contributed by atoms with Gasteiger partial charge in [0.25, 0.3) is 0 Å². The summed E-state index contributed by atoms with van der Waals surface area (Å²) in [6.07, 6.45) is 0.999. The van der Waals surface area contributed by atoms with Crippen LogP contribution in [-0.4, -0.2) is 24.9 Å². The number of nitrogens with zero attached hydrogens (tertiary/aromatic N) is 1. The first kappa shape index (κ1) is 13.8. The minimum Gasteiger partial charge on any atom is -0.302 e. The van der Waals surface area contributed by atoms with Gasteiger partial charge in [-0.2, -0.15) is 0 Å². The highest BCUT2D eigenvalue weighted by atomic mass is 35.5. The molecule has 1 atom stereocenters. The topological polar surface area (TPSA) is 3.24 Å². The molecular formula is C11H17Cl2N. The van der Waals surface area contributed by atoms with E-state index in [1.807, 2.05) is 6.07 Å². The van der Waals surface area contributed by atoms with Crippen LogP contribution in [0, 0.1) is 0 Å². The highest BCUT2D eigenvalue weighted by molar-refractivity contribution is 6.17. The smallest absolute Gasteiger partial charge is 0.0353 e. The van der Waals surface area contributed by atoms with Crippen LogP contribution in [0.25, 0.3) is 0 Å². The average Bonchev–Trinajstić information content (AvgIpc) is 2.15. The predicted octanol–water partition coefficient (Wildman–Crippen LogP) is 3.34. The summed E-state index contributed by atoms with van der Waals surface area (Å²) >= 11 is 5.76. The van der Waals surface area contributed by atoms with E-state index in [0.29, 0.717) is 11.9 Å². The first-order chi connectivity index (χ1) is 6.25. The maximum atomic E-state index is 5.76. The Bertz CT molecular complexity index is 236. The summed E-state index contributed by atoms with van der Waals surface area (Å²) in [7, 11) is 4.18. The van der Waals surface area contributed by atoms with Gasteiger partial charge in [0.2, 0.25) is 0 Å². The number of rotatable bonds is 4. The molecule has 0 spiro atoms. The molecule has 0 heterocycles. The largest absolute Gasteiger partial charge is 0.302 e. The predicted molar refractivity (Wildman–Crippen MR) is 65.5 cm³/mol. The van der Waals surface area contributed by atoms with Gasteiger partial charge in [0.05, 0.1) is 0 Å². The molecule has 0 fully saturated rings. The van der Waals surface area contributed by atoms with Crippen LogP contribution < -0.4 is 0 Å². The number of halogens is 2. The molecule has 1 unspecified atom stereocenters. The number of hydrogen-bond acceptors (Lipinski definition) is 1. The van der Waals surface area contributed by atoms with Gasteiger partial charge < -0.3 is 4.90 Å². The Morgan fingerprint density at radius 3 is 2.21 bits per heavy atom. The van der Waals surface area contributed by atoms with Crippen LogP contribution in [-0.2, 0) is 0 Å². The van der Waals surface area contributed by atoms with E-state index in [1.165, 1.54) is 5.56 Å². The Hall–Kier alpha value is -0.240. The highest BCUT2D eigenvalue weighted by Crippen LogP contribution is 2.21. The van der Waals surface area contributed by atoms with Crippen molar-refractivity contribution in [1.29, 1.82) is 0 Å². The SMILES string of the molecule is CN(C)C(CCCl)c1ccccc1.Cl. The van der Waals surface area contributed by atoms with E-state index in [1.54, 1.807) is 0 Å². The zero-order valence-corrected chi connectivity index (χ0v) is 10.2. The fraction of sp³-hybridized carbons (Fsp3) is 0.455. The van der Waals surface area contributed by atoms with E-state index in [0.717, 1.165) is 6.42 Å². The van der Waals surface area contributed by atoms with Gasteiger partial charge in [0, 0.05) is 11.9 Å². The lowest BCUT2D eigenvalue weighted by Crippen LogP contribution is -2.20. The van der Waals surface area contributed by atoms with Crippen molar-refractivity contribution < 1.29 is 0 Å². The van der Waals surface area contributed by atoms with Gasteiger partial charge in [0.1, 0.15) is 0 Å². The van der Waals surface area contributed by atoms with Crippen LogP contribution in [0.4, 0.5) is 0 Å². The first-order valence-corrected chi connectivity index (χ1v) is 5.06. The molecule has 1 rings (SSSR count). The molecule has 0 aliphatic rings. The van der Waals surface area contributed by atoms with Crippen LogP contribution in [0.1, 0.15) is 18.0 Å². The van der Waals surface area contributed by atoms with Crippen LogP contribution in [0.3, 0.4) is 0 Å². The fourth-order valence-electron chi connectivity index (χ4n) is 1.50. The molecular weight excluding hydrogens is 217 g/mol. The maximum Gasteiger partial charge on any atom is 0.0353 e. The molecule has 0 radical (unpaired) electrons. The first-order valence-electron chi connectivity index (χ1n) is 4.53. The second kappa shape index (κ2) is 7.10. The normalized spacial score (nSPS) is 12.3. The molecule has 14 heavy (non-hydrogen) atoms. The lowest BCUT2D eigenvalue weighted by atomic mass is 10.0. The summed E-state index contributed by atoms with van der Waals surface area (Å²) in [6.45, 7) is 0. The minimum atomic E-state index is 0. The molecule has 0 bridgehead atoms. The Labute approximate surface area is 97.5 Å². The van der Waals surface area contributed by atoms with Crippen molar-refractivity contribution in [3.8, 4) is 0 Å². The minimum absolute atomic E-state index is 0. The van der Waals surface area contributed by atoms with Crippen molar-refractivity contribution in [1.82, 2.24) is 4.90 Å². The summed E-state index contributed by atoms with van der Waals surface area (Å²) in [4.78, 5) is 2.21. The van der Waals surface area contributed by atoms with E-state index in [-0.39, 0.29) is 12.4 Å². The lowest BCUT2D eigenvalue weighted by molar-refractivity contribution is 0.293. The molecule has 0 amide bonds. The van der Waals surface area contributed by atoms with Crippen molar-refractivity contribution in [2.24, 2.45) is 0 Å². The molecule has 0 aromatic heterocycles. The molecule has 80 valence electrons. The second-order valence-electron chi connectivity index (χ2n) is 3.37.